The molecule has 1 heterocycles. The topological polar surface area (TPSA) is 6.48 Å². The number of piperazine rings is 1. The summed E-state index contributed by atoms with van der Waals surface area (Å²) in [6, 6.07) is 9.60. The van der Waals surface area contributed by atoms with E-state index in [4.69, 9.17) is 0 Å². The third kappa shape index (κ3) is 2.72. The van der Waals surface area contributed by atoms with Crippen molar-refractivity contribution in [2.45, 2.75) is 31.7 Å². The molecule has 0 unspecified atom stereocenters. The second kappa shape index (κ2) is 5.62. The van der Waals surface area contributed by atoms with Crippen molar-refractivity contribution in [1.82, 2.24) is 4.90 Å². The fourth-order valence-electron chi connectivity index (χ4n) is 3.27. The smallest absolute Gasteiger partial charge is 0.0367 e. The molecule has 3 rings (SSSR count). The molecule has 1 saturated heterocycles. The number of hydrogen-bond donors (Lipinski definition) is 0. The van der Waals surface area contributed by atoms with Crippen molar-refractivity contribution in [3.8, 4) is 0 Å². The Hall–Kier alpha value is -0.540. The van der Waals surface area contributed by atoms with Gasteiger partial charge in [0.05, 0.1) is 0 Å². The minimum atomic E-state index is 0.886. The standard InChI is InChI=1S/C15H21BrN2/c16-13-5-7-15(8-6-13)18-11-9-17(10-12-18)14-3-1-2-4-14/h5-8,14H,1-4,9-12H2. The van der Waals surface area contributed by atoms with Crippen molar-refractivity contribution < 1.29 is 0 Å². The maximum absolute atomic E-state index is 3.50. The van der Waals surface area contributed by atoms with E-state index in [1.165, 1.54) is 57.5 Å². The number of nitrogens with zero attached hydrogens (tertiary/aromatic N) is 2. The van der Waals surface area contributed by atoms with Crippen LogP contribution in [0.3, 0.4) is 0 Å². The predicted octanol–water partition coefficient (Wildman–Crippen LogP) is 3.51. The van der Waals surface area contributed by atoms with Gasteiger partial charge in [-0.2, -0.15) is 0 Å². The summed E-state index contributed by atoms with van der Waals surface area (Å²) in [4.78, 5) is 5.22. The molecule has 98 valence electrons. The molecule has 0 amide bonds. The quantitative estimate of drug-likeness (QED) is 0.825. The van der Waals surface area contributed by atoms with Crippen molar-refractivity contribution in [3.63, 3.8) is 0 Å². The Morgan fingerprint density at radius 1 is 0.889 bits per heavy atom. The van der Waals surface area contributed by atoms with Crippen LogP contribution in [0.1, 0.15) is 25.7 Å². The Labute approximate surface area is 118 Å². The predicted molar refractivity (Wildman–Crippen MR) is 80.2 cm³/mol. The normalized spacial score (nSPS) is 22.6. The molecule has 1 aliphatic heterocycles. The highest BCUT2D eigenvalue weighted by Gasteiger charge is 2.25. The molecule has 0 N–H and O–H groups in total. The van der Waals surface area contributed by atoms with Crippen LogP contribution in [0.25, 0.3) is 0 Å². The van der Waals surface area contributed by atoms with Crippen molar-refractivity contribution in [3.05, 3.63) is 28.7 Å². The van der Waals surface area contributed by atoms with Gasteiger partial charge in [-0.05, 0) is 37.1 Å². The average molecular weight is 309 g/mol. The Kier molecular flexibility index (Phi) is 3.90. The van der Waals surface area contributed by atoms with Crippen LogP contribution < -0.4 is 4.90 Å². The van der Waals surface area contributed by atoms with Crippen LogP contribution in [-0.2, 0) is 0 Å². The second-order valence-electron chi connectivity index (χ2n) is 5.44. The zero-order valence-corrected chi connectivity index (χ0v) is 12.4. The third-order valence-electron chi connectivity index (χ3n) is 4.35. The molecule has 0 radical (unpaired) electrons. The highest BCUT2D eigenvalue weighted by atomic mass is 79.9. The number of halogens is 1. The first-order valence-electron chi connectivity index (χ1n) is 7.07. The van der Waals surface area contributed by atoms with Crippen LogP contribution in [0.5, 0.6) is 0 Å². The van der Waals surface area contributed by atoms with E-state index in [0.717, 1.165) is 10.5 Å². The Balaban J connectivity index is 1.57. The van der Waals surface area contributed by atoms with Gasteiger partial charge < -0.3 is 4.90 Å². The third-order valence-corrected chi connectivity index (χ3v) is 4.88. The fraction of sp³-hybridized carbons (Fsp3) is 0.600. The summed E-state index contributed by atoms with van der Waals surface area (Å²) < 4.78 is 1.16. The molecule has 1 aromatic rings. The lowest BCUT2D eigenvalue weighted by molar-refractivity contribution is 0.187. The van der Waals surface area contributed by atoms with Gasteiger partial charge in [0.15, 0.2) is 0 Å². The Morgan fingerprint density at radius 3 is 2.11 bits per heavy atom. The van der Waals surface area contributed by atoms with Gasteiger partial charge >= 0.3 is 0 Å². The summed E-state index contributed by atoms with van der Waals surface area (Å²) in [5, 5.41) is 0. The van der Waals surface area contributed by atoms with E-state index in [1.807, 2.05) is 0 Å². The summed E-state index contributed by atoms with van der Waals surface area (Å²) in [5.41, 5.74) is 1.37. The molecule has 0 bridgehead atoms. The highest BCUT2D eigenvalue weighted by Crippen LogP contribution is 2.26. The maximum Gasteiger partial charge on any atom is 0.0367 e. The molecule has 3 heteroatoms. The van der Waals surface area contributed by atoms with Crippen LogP contribution in [0.4, 0.5) is 5.69 Å². The average Bonchev–Trinajstić information content (AvgIpc) is 2.94. The van der Waals surface area contributed by atoms with Gasteiger partial charge in [-0.15, -0.1) is 0 Å². The first-order chi connectivity index (χ1) is 8.83. The fourth-order valence-corrected chi connectivity index (χ4v) is 3.53. The number of anilines is 1. The van der Waals surface area contributed by atoms with E-state index >= 15 is 0 Å². The second-order valence-corrected chi connectivity index (χ2v) is 6.35. The van der Waals surface area contributed by atoms with Gasteiger partial charge in [-0.1, -0.05) is 28.8 Å². The summed E-state index contributed by atoms with van der Waals surface area (Å²) in [6.07, 6.45) is 5.74. The van der Waals surface area contributed by atoms with E-state index in [0.29, 0.717) is 0 Å². The van der Waals surface area contributed by atoms with Crippen LogP contribution in [0, 0.1) is 0 Å². The van der Waals surface area contributed by atoms with Gasteiger partial charge in [-0.25, -0.2) is 0 Å². The summed E-state index contributed by atoms with van der Waals surface area (Å²) >= 11 is 3.50. The molecule has 0 atom stereocenters. The van der Waals surface area contributed by atoms with Crippen molar-refractivity contribution >= 4 is 21.6 Å². The van der Waals surface area contributed by atoms with Gasteiger partial charge in [-0.3, -0.25) is 4.90 Å². The first kappa shape index (κ1) is 12.5. The van der Waals surface area contributed by atoms with Crippen molar-refractivity contribution in [2.75, 3.05) is 31.1 Å². The minimum absolute atomic E-state index is 0.886. The van der Waals surface area contributed by atoms with E-state index in [2.05, 4.69) is 50.0 Å². The highest BCUT2D eigenvalue weighted by molar-refractivity contribution is 9.10. The molecular formula is C15H21BrN2. The van der Waals surface area contributed by atoms with Crippen LogP contribution in [0.2, 0.25) is 0 Å². The summed E-state index contributed by atoms with van der Waals surface area (Å²) in [5.74, 6) is 0. The molecule has 0 aromatic heterocycles. The monoisotopic (exact) mass is 308 g/mol. The molecule has 1 saturated carbocycles. The van der Waals surface area contributed by atoms with Crippen molar-refractivity contribution in [2.24, 2.45) is 0 Å². The van der Waals surface area contributed by atoms with Crippen molar-refractivity contribution in [1.29, 1.82) is 0 Å². The van der Waals surface area contributed by atoms with E-state index < -0.39 is 0 Å². The van der Waals surface area contributed by atoms with Gasteiger partial charge in [0.2, 0.25) is 0 Å². The van der Waals surface area contributed by atoms with Gasteiger partial charge in [0.1, 0.15) is 0 Å². The molecule has 0 spiro atoms. The van der Waals surface area contributed by atoms with Gasteiger partial charge in [0.25, 0.3) is 0 Å². The lowest BCUT2D eigenvalue weighted by Gasteiger charge is -2.39. The Bertz CT molecular complexity index is 376. The first-order valence-corrected chi connectivity index (χ1v) is 7.87. The lowest BCUT2D eigenvalue weighted by atomic mass is 10.1. The SMILES string of the molecule is Brc1ccc(N2CCN(C3CCCC3)CC2)cc1. The molecular weight excluding hydrogens is 288 g/mol. The number of rotatable bonds is 2. The molecule has 18 heavy (non-hydrogen) atoms. The molecule has 2 fully saturated rings. The minimum Gasteiger partial charge on any atom is -0.369 e. The van der Waals surface area contributed by atoms with Crippen LogP contribution in [-0.4, -0.2) is 37.1 Å². The van der Waals surface area contributed by atoms with Crippen LogP contribution in [0.15, 0.2) is 28.7 Å². The molecule has 2 nitrogen and oxygen atoms in total. The molecule has 2 aliphatic rings. The maximum atomic E-state index is 3.50. The van der Waals surface area contributed by atoms with E-state index in [9.17, 15) is 0 Å². The summed E-state index contributed by atoms with van der Waals surface area (Å²) in [7, 11) is 0. The van der Waals surface area contributed by atoms with E-state index in [1.54, 1.807) is 0 Å². The van der Waals surface area contributed by atoms with E-state index in [-0.39, 0.29) is 0 Å². The molecule has 1 aromatic carbocycles. The zero-order valence-electron chi connectivity index (χ0n) is 10.8. The largest absolute Gasteiger partial charge is 0.369 e. The summed E-state index contributed by atoms with van der Waals surface area (Å²) in [6.45, 7) is 4.83. The molecule has 1 aliphatic carbocycles. The Morgan fingerprint density at radius 2 is 1.50 bits per heavy atom. The number of benzene rings is 1. The number of hydrogen-bond acceptors (Lipinski definition) is 2. The lowest BCUT2D eigenvalue weighted by Crippen LogP contribution is -2.49. The van der Waals surface area contributed by atoms with Crippen LogP contribution >= 0.6 is 15.9 Å². The van der Waals surface area contributed by atoms with Gasteiger partial charge in [0, 0.05) is 42.4 Å². The zero-order chi connectivity index (χ0) is 12.4.